The van der Waals surface area contributed by atoms with Crippen molar-refractivity contribution in [2.75, 3.05) is 37.7 Å². The van der Waals surface area contributed by atoms with Crippen molar-refractivity contribution in [1.29, 1.82) is 0 Å². The van der Waals surface area contributed by atoms with E-state index in [0.717, 1.165) is 4.90 Å². The van der Waals surface area contributed by atoms with Crippen molar-refractivity contribution in [2.24, 2.45) is 0 Å². The molecule has 2 aliphatic heterocycles. The van der Waals surface area contributed by atoms with Gasteiger partial charge >= 0.3 is 6.03 Å². The third kappa shape index (κ3) is 2.92. The number of carbonyl (C=O) groups is 3. The Labute approximate surface area is 134 Å². The van der Waals surface area contributed by atoms with E-state index >= 15 is 0 Å². The number of hydrogen-bond donors (Lipinski definition) is 0. The van der Waals surface area contributed by atoms with Gasteiger partial charge in [0.15, 0.2) is 0 Å². The molecule has 2 saturated heterocycles. The van der Waals surface area contributed by atoms with Crippen LogP contribution in [0.4, 0.5) is 10.5 Å². The fourth-order valence-electron chi connectivity index (χ4n) is 2.84. The van der Waals surface area contributed by atoms with Crippen molar-refractivity contribution >= 4 is 23.5 Å². The SMILES string of the molecule is C[C@H]1C(=O)N(CC(=O)N2CCOCC2)C(=O)N1c1ccccc1. The van der Waals surface area contributed by atoms with Gasteiger partial charge in [-0.1, -0.05) is 18.2 Å². The molecule has 7 heteroatoms. The summed E-state index contributed by atoms with van der Waals surface area (Å²) in [5, 5.41) is 0. The van der Waals surface area contributed by atoms with Crippen LogP contribution >= 0.6 is 0 Å². The molecule has 1 aromatic carbocycles. The number of nitrogens with zero attached hydrogens (tertiary/aromatic N) is 3. The van der Waals surface area contributed by atoms with Gasteiger partial charge in [-0.3, -0.25) is 19.4 Å². The molecule has 0 spiro atoms. The van der Waals surface area contributed by atoms with Gasteiger partial charge in [-0.2, -0.15) is 0 Å². The van der Waals surface area contributed by atoms with E-state index in [-0.39, 0.29) is 18.4 Å². The second kappa shape index (κ2) is 6.37. The predicted molar refractivity (Wildman–Crippen MR) is 82.9 cm³/mol. The Balaban J connectivity index is 1.74. The first-order valence-electron chi connectivity index (χ1n) is 7.64. The van der Waals surface area contributed by atoms with E-state index in [0.29, 0.717) is 32.0 Å². The first-order chi connectivity index (χ1) is 11.1. The first kappa shape index (κ1) is 15.5. The van der Waals surface area contributed by atoms with Crippen LogP contribution in [-0.4, -0.2) is 66.5 Å². The van der Waals surface area contributed by atoms with Gasteiger partial charge in [0.2, 0.25) is 5.91 Å². The van der Waals surface area contributed by atoms with E-state index in [1.807, 2.05) is 6.07 Å². The zero-order chi connectivity index (χ0) is 16.4. The van der Waals surface area contributed by atoms with Crippen molar-refractivity contribution in [1.82, 2.24) is 9.80 Å². The van der Waals surface area contributed by atoms with E-state index in [4.69, 9.17) is 4.74 Å². The summed E-state index contributed by atoms with van der Waals surface area (Å²) >= 11 is 0. The van der Waals surface area contributed by atoms with Crippen molar-refractivity contribution in [3.63, 3.8) is 0 Å². The first-order valence-corrected chi connectivity index (χ1v) is 7.64. The molecule has 0 N–H and O–H groups in total. The van der Waals surface area contributed by atoms with E-state index in [1.165, 1.54) is 4.90 Å². The smallest absolute Gasteiger partial charge is 0.332 e. The molecule has 3 rings (SSSR count). The average Bonchev–Trinajstić information content (AvgIpc) is 2.80. The summed E-state index contributed by atoms with van der Waals surface area (Å²) in [5.41, 5.74) is 0.652. The van der Waals surface area contributed by atoms with Crippen LogP contribution in [0, 0.1) is 0 Å². The molecule has 0 aromatic heterocycles. The lowest BCUT2D eigenvalue weighted by Gasteiger charge is -2.28. The maximum Gasteiger partial charge on any atom is 0.332 e. The quantitative estimate of drug-likeness (QED) is 0.770. The summed E-state index contributed by atoms with van der Waals surface area (Å²) < 4.78 is 5.20. The monoisotopic (exact) mass is 317 g/mol. The predicted octanol–water partition coefficient (Wildman–Crippen LogP) is 0.702. The molecule has 4 amide bonds. The van der Waals surface area contributed by atoms with Gasteiger partial charge in [0, 0.05) is 18.8 Å². The fourth-order valence-corrected chi connectivity index (χ4v) is 2.84. The van der Waals surface area contributed by atoms with Crippen LogP contribution < -0.4 is 4.90 Å². The van der Waals surface area contributed by atoms with Gasteiger partial charge in [0.05, 0.1) is 13.2 Å². The second-order valence-corrected chi connectivity index (χ2v) is 5.58. The second-order valence-electron chi connectivity index (χ2n) is 5.58. The third-order valence-corrected chi connectivity index (χ3v) is 4.14. The lowest BCUT2D eigenvalue weighted by Crippen LogP contribution is -2.47. The van der Waals surface area contributed by atoms with Crippen LogP contribution in [0.5, 0.6) is 0 Å². The number of rotatable bonds is 3. The number of benzene rings is 1. The number of carbonyl (C=O) groups excluding carboxylic acids is 3. The fraction of sp³-hybridized carbons (Fsp3) is 0.438. The largest absolute Gasteiger partial charge is 0.378 e. The average molecular weight is 317 g/mol. The Morgan fingerprint density at radius 2 is 1.83 bits per heavy atom. The molecular weight excluding hydrogens is 298 g/mol. The number of imide groups is 1. The highest BCUT2D eigenvalue weighted by Gasteiger charge is 2.44. The molecule has 2 aliphatic rings. The van der Waals surface area contributed by atoms with Gasteiger partial charge in [-0.15, -0.1) is 0 Å². The lowest BCUT2D eigenvalue weighted by molar-refractivity contribution is -0.139. The minimum Gasteiger partial charge on any atom is -0.378 e. The summed E-state index contributed by atoms with van der Waals surface area (Å²) in [4.78, 5) is 41.4. The molecule has 7 nitrogen and oxygen atoms in total. The van der Waals surface area contributed by atoms with Crippen molar-refractivity contribution in [3.05, 3.63) is 30.3 Å². The minimum absolute atomic E-state index is 0.217. The standard InChI is InChI=1S/C16H19N3O4/c1-12-15(21)18(11-14(20)17-7-9-23-10-8-17)16(22)19(12)13-5-3-2-4-6-13/h2-6,12H,7-11H2,1H3/t12-/m0/s1. The molecule has 122 valence electrons. The summed E-state index contributed by atoms with van der Waals surface area (Å²) in [5.74, 6) is -0.572. The minimum atomic E-state index is -0.609. The van der Waals surface area contributed by atoms with Crippen LogP contribution in [0.25, 0.3) is 0 Å². The molecule has 1 atom stereocenters. The van der Waals surface area contributed by atoms with E-state index < -0.39 is 12.1 Å². The number of ether oxygens (including phenoxy) is 1. The van der Waals surface area contributed by atoms with E-state index in [1.54, 1.807) is 36.1 Å². The van der Waals surface area contributed by atoms with Gasteiger partial charge in [0.25, 0.3) is 5.91 Å². The van der Waals surface area contributed by atoms with Gasteiger partial charge in [-0.05, 0) is 19.1 Å². The number of morpholine rings is 1. The highest BCUT2D eigenvalue weighted by Crippen LogP contribution is 2.25. The zero-order valence-electron chi connectivity index (χ0n) is 13.0. The maximum atomic E-state index is 12.6. The van der Waals surface area contributed by atoms with Crippen LogP contribution in [-0.2, 0) is 14.3 Å². The van der Waals surface area contributed by atoms with Crippen LogP contribution in [0.2, 0.25) is 0 Å². The Morgan fingerprint density at radius 1 is 1.17 bits per heavy atom. The highest BCUT2D eigenvalue weighted by atomic mass is 16.5. The van der Waals surface area contributed by atoms with Gasteiger partial charge in [0.1, 0.15) is 12.6 Å². The van der Waals surface area contributed by atoms with Crippen LogP contribution in [0.15, 0.2) is 30.3 Å². The van der Waals surface area contributed by atoms with Crippen molar-refractivity contribution in [3.8, 4) is 0 Å². The van der Waals surface area contributed by atoms with Crippen LogP contribution in [0.1, 0.15) is 6.92 Å². The summed E-state index contributed by atoms with van der Waals surface area (Å²) in [6.07, 6.45) is 0. The molecule has 1 aromatic rings. The molecule has 0 radical (unpaired) electrons. The Bertz CT molecular complexity index is 613. The molecule has 2 fully saturated rings. The number of urea groups is 1. The molecule has 23 heavy (non-hydrogen) atoms. The van der Waals surface area contributed by atoms with Crippen molar-refractivity contribution in [2.45, 2.75) is 13.0 Å². The number of para-hydroxylation sites is 1. The summed E-state index contributed by atoms with van der Waals surface area (Å²) in [6, 6.07) is 7.95. The molecule has 0 unspecified atom stereocenters. The topological polar surface area (TPSA) is 70.2 Å². The van der Waals surface area contributed by atoms with Crippen molar-refractivity contribution < 1.29 is 19.1 Å². The molecule has 0 bridgehead atoms. The molecule has 0 aliphatic carbocycles. The number of hydrogen-bond acceptors (Lipinski definition) is 4. The maximum absolute atomic E-state index is 12.6. The Kier molecular flexibility index (Phi) is 4.29. The number of amides is 4. The number of anilines is 1. The zero-order valence-corrected chi connectivity index (χ0v) is 13.0. The van der Waals surface area contributed by atoms with E-state index in [2.05, 4.69) is 0 Å². The lowest BCUT2D eigenvalue weighted by atomic mass is 10.2. The van der Waals surface area contributed by atoms with E-state index in [9.17, 15) is 14.4 Å². The third-order valence-electron chi connectivity index (χ3n) is 4.14. The Morgan fingerprint density at radius 3 is 2.48 bits per heavy atom. The summed E-state index contributed by atoms with van der Waals surface area (Å²) in [6.45, 7) is 3.41. The molecular formula is C16H19N3O4. The van der Waals surface area contributed by atoms with Crippen LogP contribution in [0.3, 0.4) is 0 Å². The molecule has 0 saturated carbocycles. The Hall–Kier alpha value is -2.41. The molecule has 2 heterocycles. The summed E-state index contributed by atoms with van der Waals surface area (Å²) in [7, 11) is 0. The van der Waals surface area contributed by atoms with Gasteiger partial charge < -0.3 is 9.64 Å². The highest BCUT2D eigenvalue weighted by molar-refractivity contribution is 6.15. The normalized spacial score (nSPS) is 22.0. The van der Waals surface area contributed by atoms with Gasteiger partial charge in [-0.25, -0.2) is 4.79 Å².